The van der Waals surface area contributed by atoms with Gasteiger partial charge in [0.1, 0.15) is 0 Å². The molecule has 0 unspecified atom stereocenters. The molecule has 4 heteroatoms. The zero-order valence-electron chi connectivity index (χ0n) is 8.83. The Kier molecular flexibility index (Phi) is 11.8. The van der Waals surface area contributed by atoms with Crippen LogP contribution in [0.15, 0.2) is 0 Å². The minimum Gasteiger partial charge on any atom is -0.382 e. The van der Waals surface area contributed by atoms with E-state index in [4.69, 9.17) is 19.5 Å². The number of hydrogen-bond acceptors (Lipinski definition) is 4. The van der Waals surface area contributed by atoms with Crippen molar-refractivity contribution in [3.05, 3.63) is 0 Å². The van der Waals surface area contributed by atoms with Crippen molar-refractivity contribution in [2.24, 2.45) is 0 Å². The third-order valence-electron chi connectivity index (χ3n) is 1.63. The van der Waals surface area contributed by atoms with E-state index in [1.807, 2.05) is 0 Å². The average molecular weight is 201 g/mol. The molecule has 14 heavy (non-hydrogen) atoms. The Bertz CT molecular complexity index is 145. The molecule has 0 amide bonds. The van der Waals surface area contributed by atoms with Gasteiger partial charge in [0.05, 0.1) is 32.5 Å². The van der Waals surface area contributed by atoms with Crippen LogP contribution in [-0.2, 0) is 14.2 Å². The predicted octanol–water partition coefficient (Wildman–Crippen LogP) is 1.36. The number of nitriles is 1. The Labute approximate surface area is 85.8 Å². The molecule has 0 aliphatic heterocycles. The zero-order valence-corrected chi connectivity index (χ0v) is 8.83. The van der Waals surface area contributed by atoms with E-state index >= 15 is 0 Å². The summed E-state index contributed by atoms with van der Waals surface area (Å²) in [5.74, 6) is 0. The van der Waals surface area contributed by atoms with Gasteiger partial charge in [0.2, 0.25) is 0 Å². The second kappa shape index (κ2) is 12.4. The highest BCUT2D eigenvalue weighted by Crippen LogP contribution is 1.93. The Morgan fingerprint density at radius 1 is 0.929 bits per heavy atom. The number of ether oxygens (including phenoxy) is 3. The monoisotopic (exact) mass is 201 g/mol. The average Bonchev–Trinajstić information content (AvgIpc) is 2.21. The number of unbranched alkanes of at least 4 members (excludes halogenated alkanes) is 2. The predicted molar refractivity (Wildman–Crippen MR) is 53.0 cm³/mol. The summed E-state index contributed by atoms with van der Waals surface area (Å²) >= 11 is 0. The summed E-state index contributed by atoms with van der Waals surface area (Å²) in [6, 6.07) is 2.10. The van der Waals surface area contributed by atoms with Crippen molar-refractivity contribution in [2.75, 3.05) is 40.1 Å². The van der Waals surface area contributed by atoms with Gasteiger partial charge in [-0.15, -0.1) is 0 Å². The van der Waals surface area contributed by atoms with Crippen LogP contribution in [0.1, 0.15) is 19.3 Å². The lowest BCUT2D eigenvalue weighted by molar-refractivity contribution is 0.0241. The van der Waals surface area contributed by atoms with Gasteiger partial charge in [0.25, 0.3) is 0 Å². The first-order chi connectivity index (χ1) is 6.91. The summed E-state index contributed by atoms with van der Waals surface area (Å²) in [4.78, 5) is 0. The molecule has 0 aromatic carbocycles. The fourth-order valence-corrected chi connectivity index (χ4v) is 0.872. The highest BCUT2D eigenvalue weighted by atomic mass is 16.5. The van der Waals surface area contributed by atoms with Gasteiger partial charge in [-0.2, -0.15) is 5.26 Å². The Balaban J connectivity index is 2.82. The zero-order chi connectivity index (χ0) is 10.5. The summed E-state index contributed by atoms with van der Waals surface area (Å²) in [5.41, 5.74) is 0. The quantitative estimate of drug-likeness (QED) is 0.501. The second-order valence-corrected chi connectivity index (χ2v) is 2.83. The standard InChI is InChI=1S/C10H19NO3/c1-12-7-8-14-10-9-13-6-4-2-3-5-11/h2-4,6-10H2,1H3. The number of hydrogen-bond donors (Lipinski definition) is 0. The molecule has 0 bridgehead atoms. The van der Waals surface area contributed by atoms with Crippen LogP contribution >= 0.6 is 0 Å². The van der Waals surface area contributed by atoms with E-state index in [1.165, 1.54) is 0 Å². The molecule has 0 N–H and O–H groups in total. The minimum absolute atomic E-state index is 0.613. The number of methoxy groups -OCH3 is 1. The Morgan fingerprint density at radius 3 is 2.21 bits per heavy atom. The van der Waals surface area contributed by atoms with Crippen LogP contribution in [0.4, 0.5) is 0 Å². The summed E-state index contributed by atoms with van der Waals surface area (Å²) in [5, 5.41) is 8.27. The third-order valence-corrected chi connectivity index (χ3v) is 1.63. The molecule has 82 valence electrons. The lowest BCUT2D eigenvalue weighted by Crippen LogP contribution is -2.08. The second-order valence-electron chi connectivity index (χ2n) is 2.83. The summed E-state index contributed by atoms with van der Waals surface area (Å²) in [6.07, 6.45) is 2.49. The molecule has 0 fully saturated rings. The van der Waals surface area contributed by atoms with Crippen LogP contribution < -0.4 is 0 Å². The highest BCUT2D eigenvalue weighted by Gasteiger charge is 1.90. The first kappa shape index (κ1) is 13.4. The molecule has 4 nitrogen and oxygen atoms in total. The molecule has 0 aliphatic rings. The van der Waals surface area contributed by atoms with Crippen molar-refractivity contribution in [2.45, 2.75) is 19.3 Å². The van der Waals surface area contributed by atoms with Crippen molar-refractivity contribution < 1.29 is 14.2 Å². The molecule has 0 saturated carbocycles. The van der Waals surface area contributed by atoms with E-state index in [1.54, 1.807) is 7.11 Å². The van der Waals surface area contributed by atoms with Crippen molar-refractivity contribution in [1.82, 2.24) is 0 Å². The van der Waals surface area contributed by atoms with E-state index in [-0.39, 0.29) is 0 Å². The van der Waals surface area contributed by atoms with E-state index in [0.717, 1.165) is 19.4 Å². The first-order valence-corrected chi connectivity index (χ1v) is 4.93. The molecule has 0 saturated heterocycles. The van der Waals surface area contributed by atoms with Gasteiger partial charge in [0, 0.05) is 20.1 Å². The fourth-order valence-electron chi connectivity index (χ4n) is 0.872. The van der Waals surface area contributed by atoms with Crippen molar-refractivity contribution >= 4 is 0 Å². The van der Waals surface area contributed by atoms with E-state index < -0.39 is 0 Å². The van der Waals surface area contributed by atoms with E-state index in [2.05, 4.69) is 6.07 Å². The molecular weight excluding hydrogens is 182 g/mol. The maximum absolute atomic E-state index is 8.27. The van der Waals surface area contributed by atoms with Crippen LogP contribution in [0.25, 0.3) is 0 Å². The van der Waals surface area contributed by atoms with Crippen molar-refractivity contribution in [3.63, 3.8) is 0 Å². The van der Waals surface area contributed by atoms with E-state index in [9.17, 15) is 0 Å². The van der Waals surface area contributed by atoms with Crippen LogP contribution in [0, 0.1) is 11.3 Å². The SMILES string of the molecule is COCCOCCOCCCCC#N. The van der Waals surface area contributed by atoms with Gasteiger partial charge < -0.3 is 14.2 Å². The summed E-state index contributed by atoms with van der Waals surface area (Å²) < 4.78 is 15.3. The topological polar surface area (TPSA) is 51.5 Å². The van der Waals surface area contributed by atoms with Crippen LogP contribution in [-0.4, -0.2) is 40.1 Å². The molecule has 0 rings (SSSR count). The Hall–Kier alpha value is -0.630. The molecule has 0 aliphatic carbocycles. The fraction of sp³-hybridized carbons (Fsp3) is 0.900. The van der Waals surface area contributed by atoms with Gasteiger partial charge in [-0.05, 0) is 12.8 Å². The number of nitrogens with zero attached hydrogens (tertiary/aromatic N) is 1. The lowest BCUT2D eigenvalue weighted by Gasteiger charge is -2.04. The van der Waals surface area contributed by atoms with Crippen molar-refractivity contribution in [3.8, 4) is 6.07 Å². The molecule has 0 aromatic heterocycles. The normalized spacial score (nSPS) is 10.0. The van der Waals surface area contributed by atoms with Gasteiger partial charge >= 0.3 is 0 Å². The molecule has 0 radical (unpaired) electrons. The highest BCUT2D eigenvalue weighted by molar-refractivity contribution is 4.67. The third kappa shape index (κ3) is 11.4. The molecule has 0 heterocycles. The lowest BCUT2D eigenvalue weighted by atomic mass is 10.3. The maximum atomic E-state index is 8.27. The minimum atomic E-state index is 0.613. The first-order valence-electron chi connectivity index (χ1n) is 4.93. The largest absolute Gasteiger partial charge is 0.382 e. The van der Waals surface area contributed by atoms with E-state index in [0.29, 0.717) is 32.8 Å². The van der Waals surface area contributed by atoms with Gasteiger partial charge in [-0.25, -0.2) is 0 Å². The van der Waals surface area contributed by atoms with Crippen LogP contribution in [0.2, 0.25) is 0 Å². The van der Waals surface area contributed by atoms with Crippen LogP contribution in [0.3, 0.4) is 0 Å². The summed E-state index contributed by atoms with van der Waals surface area (Å²) in [7, 11) is 1.65. The maximum Gasteiger partial charge on any atom is 0.0701 e. The molecule has 0 aromatic rings. The van der Waals surface area contributed by atoms with Gasteiger partial charge in [-0.3, -0.25) is 0 Å². The molecular formula is C10H19NO3. The number of rotatable bonds is 10. The Morgan fingerprint density at radius 2 is 1.57 bits per heavy atom. The molecule has 0 atom stereocenters. The smallest absolute Gasteiger partial charge is 0.0701 e. The molecule has 0 spiro atoms. The summed E-state index contributed by atoms with van der Waals surface area (Å²) in [6.45, 7) is 3.20. The van der Waals surface area contributed by atoms with Gasteiger partial charge in [-0.1, -0.05) is 0 Å². The van der Waals surface area contributed by atoms with Crippen LogP contribution in [0.5, 0.6) is 0 Å². The van der Waals surface area contributed by atoms with Crippen molar-refractivity contribution in [1.29, 1.82) is 5.26 Å². The van der Waals surface area contributed by atoms with Gasteiger partial charge in [0.15, 0.2) is 0 Å².